The molecule has 0 bridgehead atoms. The molecule has 2 rings (SSSR count). The van der Waals surface area contributed by atoms with Gasteiger partial charge in [-0.2, -0.15) is 13.2 Å². The molecule has 2 aromatic rings. The molecule has 0 atom stereocenters. The highest BCUT2D eigenvalue weighted by molar-refractivity contribution is 5.68. The summed E-state index contributed by atoms with van der Waals surface area (Å²) in [6.07, 6.45) is -1.43. The van der Waals surface area contributed by atoms with Gasteiger partial charge < -0.3 is 9.26 Å². The fourth-order valence-corrected chi connectivity index (χ4v) is 1.40. The second-order valence-electron chi connectivity index (χ2n) is 3.72. The van der Waals surface area contributed by atoms with Crippen molar-refractivity contribution in [1.82, 2.24) is 5.16 Å². The Morgan fingerprint density at radius 3 is 2.37 bits per heavy atom. The van der Waals surface area contributed by atoms with Crippen LogP contribution in [-0.4, -0.2) is 12.3 Å². The van der Waals surface area contributed by atoms with Gasteiger partial charge >= 0.3 is 6.18 Å². The molecule has 100 valence electrons. The maximum Gasteiger partial charge on any atom is 0.452 e. The van der Waals surface area contributed by atoms with Crippen LogP contribution in [0.3, 0.4) is 0 Å². The van der Waals surface area contributed by atoms with Crippen LogP contribution in [0, 0.1) is 0 Å². The Morgan fingerprint density at radius 2 is 1.84 bits per heavy atom. The Morgan fingerprint density at radius 1 is 1.16 bits per heavy atom. The van der Waals surface area contributed by atoms with Crippen LogP contribution in [0.2, 0.25) is 0 Å². The van der Waals surface area contributed by atoms with E-state index in [4.69, 9.17) is 4.74 Å². The Hall–Kier alpha value is -2.24. The summed E-state index contributed by atoms with van der Waals surface area (Å²) >= 11 is 0. The zero-order chi connectivity index (χ0) is 13.9. The van der Waals surface area contributed by atoms with E-state index in [0.29, 0.717) is 5.75 Å². The number of hydrogen-bond acceptors (Lipinski definition) is 3. The van der Waals surface area contributed by atoms with Crippen LogP contribution < -0.4 is 4.74 Å². The van der Waals surface area contributed by atoms with Gasteiger partial charge in [0.2, 0.25) is 5.76 Å². The molecule has 0 aliphatic heterocycles. The Bertz CT molecular complexity index is 570. The number of ether oxygens (including phenoxy) is 1. The largest absolute Gasteiger partial charge is 0.497 e. The molecule has 0 amide bonds. The molecule has 0 aliphatic rings. The molecule has 1 aromatic carbocycles. The van der Waals surface area contributed by atoms with Crippen molar-refractivity contribution >= 4 is 12.2 Å². The monoisotopic (exact) mass is 269 g/mol. The van der Waals surface area contributed by atoms with E-state index in [-0.39, 0.29) is 5.69 Å². The van der Waals surface area contributed by atoms with Crippen LogP contribution in [0.15, 0.2) is 34.9 Å². The van der Waals surface area contributed by atoms with E-state index in [2.05, 4.69) is 9.68 Å². The van der Waals surface area contributed by atoms with Crippen molar-refractivity contribution in [1.29, 1.82) is 0 Å². The summed E-state index contributed by atoms with van der Waals surface area (Å²) in [5.74, 6) is -0.403. The molecule has 0 aliphatic carbocycles. The van der Waals surface area contributed by atoms with Crippen LogP contribution in [0.1, 0.15) is 17.0 Å². The molecule has 6 heteroatoms. The topological polar surface area (TPSA) is 35.3 Å². The van der Waals surface area contributed by atoms with E-state index in [1.165, 1.54) is 6.08 Å². The zero-order valence-corrected chi connectivity index (χ0v) is 9.94. The lowest BCUT2D eigenvalue weighted by Crippen LogP contribution is -2.02. The molecule has 1 aromatic heterocycles. The highest BCUT2D eigenvalue weighted by Crippen LogP contribution is 2.29. The van der Waals surface area contributed by atoms with Crippen LogP contribution >= 0.6 is 0 Å². The van der Waals surface area contributed by atoms with E-state index in [9.17, 15) is 13.2 Å². The molecular formula is C13H10F3NO2. The third-order valence-electron chi connectivity index (χ3n) is 2.37. The van der Waals surface area contributed by atoms with Gasteiger partial charge in [-0.15, -0.1) is 0 Å². The van der Waals surface area contributed by atoms with Gasteiger partial charge in [0.25, 0.3) is 0 Å². The van der Waals surface area contributed by atoms with E-state index in [0.717, 1.165) is 11.6 Å². The Balaban J connectivity index is 2.11. The summed E-state index contributed by atoms with van der Waals surface area (Å²) in [6, 6.07) is 7.91. The van der Waals surface area contributed by atoms with Crippen molar-refractivity contribution in [3.8, 4) is 5.75 Å². The second-order valence-corrected chi connectivity index (χ2v) is 3.72. The van der Waals surface area contributed by atoms with E-state index in [1.807, 2.05) is 0 Å². The average molecular weight is 269 g/mol. The molecule has 0 saturated carbocycles. The van der Waals surface area contributed by atoms with Gasteiger partial charge in [-0.3, -0.25) is 0 Å². The number of halogens is 3. The van der Waals surface area contributed by atoms with E-state index < -0.39 is 11.9 Å². The van der Waals surface area contributed by atoms with Gasteiger partial charge in [0.05, 0.1) is 7.11 Å². The molecule has 3 nitrogen and oxygen atoms in total. The highest BCUT2D eigenvalue weighted by Gasteiger charge is 2.35. The molecule has 0 fully saturated rings. The molecule has 0 unspecified atom stereocenters. The minimum Gasteiger partial charge on any atom is -0.497 e. The van der Waals surface area contributed by atoms with E-state index in [1.54, 1.807) is 37.5 Å². The van der Waals surface area contributed by atoms with Crippen molar-refractivity contribution < 1.29 is 22.4 Å². The first-order valence-electron chi connectivity index (χ1n) is 5.35. The zero-order valence-electron chi connectivity index (χ0n) is 9.94. The van der Waals surface area contributed by atoms with Crippen molar-refractivity contribution in [2.75, 3.05) is 7.11 Å². The van der Waals surface area contributed by atoms with Crippen molar-refractivity contribution in [3.63, 3.8) is 0 Å². The summed E-state index contributed by atoms with van der Waals surface area (Å²) < 4.78 is 46.0. The van der Waals surface area contributed by atoms with E-state index >= 15 is 0 Å². The van der Waals surface area contributed by atoms with Gasteiger partial charge in [-0.25, -0.2) is 0 Å². The fourth-order valence-electron chi connectivity index (χ4n) is 1.40. The lowest BCUT2D eigenvalue weighted by molar-refractivity contribution is -0.155. The number of nitrogens with zero attached hydrogens (tertiary/aromatic N) is 1. The minimum absolute atomic E-state index is 0.114. The van der Waals surface area contributed by atoms with Crippen LogP contribution in [0.25, 0.3) is 12.2 Å². The molecule has 19 heavy (non-hydrogen) atoms. The minimum atomic E-state index is -4.51. The van der Waals surface area contributed by atoms with Crippen LogP contribution in [0.4, 0.5) is 13.2 Å². The van der Waals surface area contributed by atoms with Gasteiger partial charge in [-0.05, 0) is 23.8 Å². The number of methoxy groups -OCH3 is 1. The average Bonchev–Trinajstić information content (AvgIpc) is 2.86. The first kappa shape index (κ1) is 13.2. The van der Waals surface area contributed by atoms with Crippen LogP contribution in [0.5, 0.6) is 5.75 Å². The Kier molecular flexibility index (Phi) is 3.59. The maximum absolute atomic E-state index is 12.3. The number of benzene rings is 1. The standard InChI is InChI=1S/C13H10F3NO2/c1-18-11-6-3-9(4-7-11)2-5-10-8-12(19-17-10)13(14,15)16/h2-8H,1H3. The summed E-state index contributed by atoms with van der Waals surface area (Å²) in [6.45, 7) is 0. The molecule has 0 saturated heterocycles. The first-order chi connectivity index (χ1) is 8.99. The van der Waals surface area contributed by atoms with Gasteiger partial charge in [-0.1, -0.05) is 23.4 Å². The van der Waals surface area contributed by atoms with Gasteiger partial charge in [0.1, 0.15) is 11.4 Å². The summed E-state index contributed by atoms with van der Waals surface area (Å²) in [5, 5.41) is 3.32. The lowest BCUT2D eigenvalue weighted by Gasteiger charge is -1.98. The van der Waals surface area contributed by atoms with Crippen molar-refractivity contribution in [2.45, 2.75) is 6.18 Å². The lowest BCUT2D eigenvalue weighted by atomic mass is 10.2. The Labute approximate surface area is 107 Å². The van der Waals surface area contributed by atoms with Gasteiger partial charge in [0.15, 0.2) is 0 Å². The number of rotatable bonds is 3. The van der Waals surface area contributed by atoms with Crippen LogP contribution in [-0.2, 0) is 6.18 Å². The molecule has 0 radical (unpaired) electrons. The molecule has 1 heterocycles. The summed E-state index contributed by atoms with van der Waals surface area (Å²) in [7, 11) is 1.55. The predicted octanol–water partition coefficient (Wildman–Crippen LogP) is 3.87. The third-order valence-corrected chi connectivity index (χ3v) is 2.37. The number of alkyl halides is 3. The fraction of sp³-hybridized carbons (Fsp3) is 0.154. The van der Waals surface area contributed by atoms with Crippen molar-refractivity contribution in [2.24, 2.45) is 0 Å². The summed E-state index contributed by atoms with van der Waals surface area (Å²) in [5.41, 5.74) is 0.931. The normalized spacial score (nSPS) is 12.0. The third kappa shape index (κ3) is 3.37. The number of hydrogen-bond donors (Lipinski definition) is 0. The molecular weight excluding hydrogens is 259 g/mol. The van der Waals surface area contributed by atoms with Gasteiger partial charge in [0, 0.05) is 6.07 Å². The molecule has 0 N–H and O–H groups in total. The SMILES string of the molecule is COc1ccc(C=Cc2cc(C(F)(F)F)on2)cc1. The quantitative estimate of drug-likeness (QED) is 0.848. The number of aromatic nitrogens is 1. The summed E-state index contributed by atoms with van der Waals surface area (Å²) in [4.78, 5) is 0. The molecule has 0 spiro atoms. The second kappa shape index (κ2) is 5.17. The smallest absolute Gasteiger partial charge is 0.452 e. The van der Waals surface area contributed by atoms with Crippen molar-refractivity contribution in [3.05, 3.63) is 47.3 Å². The predicted molar refractivity (Wildman–Crippen MR) is 63.4 cm³/mol. The highest BCUT2D eigenvalue weighted by atomic mass is 19.4. The maximum atomic E-state index is 12.3. The first-order valence-corrected chi connectivity index (χ1v) is 5.35.